The number of benzene rings is 7. The monoisotopic (exact) mass is 697 g/mol. The highest BCUT2D eigenvalue weighted by Crippen LogP contribution is 2.44. The van der Waals surface area contributed by atoms with Crippen LogP contribution >= 0.6 is 0 Å². The van der Waals surface area contributed by atoms with Crippen molar-refractivity contribution in [1.29, 1.82) is 5.26 Å². The molecule has 4 heteroatoms. The second-order valence-electron chi connectivity index (χ2n) is 14.7. The van der Waals surface area contributed by atoms with Gasteiger partial charge in [-0.1, -0.05) is 137 Å². The maximum atomic E-state index is 10.4. The predicted molar refractivity (Wildman–Crippen MR) is 223 cm³/mol. The molecule has 0 spiro atoms. The summed E-state index contributed by atoms with van der Waals surface area (Å²) in [7, 11) is 0. The van der Waals surface area contributed by atoms with Crippen LogP contribution in [0.5, 0.6) is 0 Å². The van der Waals surface area contributed by atoms with E-state index in [1.165, 1.54) is 33.4 Å². The highest BCUT2D eigenvalue weighted by Gasteiger charge is 2.26. The molecule has 7 aromatic carbocycles. The minimum Gasteiger partial charge on any atom is -0.455 e. The third-order valence-electron chi connectivity index (χ3n) is 10.6. The van der Waals surface area contributed by atoms with Crippen molar-refractivity contribution in [3.63, 3.8) is 0 Å². The Morgan fingerprint density at radius 3 is 1.76 bits per heavy atom. The van der Waals surface area contributed by atoms with E-state index in [9.17, 15) is 5.26 Å². The average molecular weight is 698 g/mol. The van der Waals surface area contributed by atoms with Crippen molar-refractivity contribution in [2.45, 2.75) is 39.5 Å². The molecule has 0 aliphatic rings. The van der Waals surface area contributed by atoms with Gasteiger partial charge in [0.1, 0.15) is 17.0 Å². The van der Waals surface area contributed by atoms with Gasteiger partial charge in [0.05, 0.1) is 33.9 Å². The van der Waals surface area contributed by atoms with E-state index in [1.54, 1.807) is 0 Å². The summed E-state index contributed by atoms with van der Waals surface area (Å²) in [6.45, 7) is 9.10. The van der Waals surface area contributed by atoms with E-state index in [-0.39, 0.29) is 11.8 Å². The topological polar surface area (TPSA) is 54.8 Å². The average Bonchev–Trinajstić information content (AvgIpc) is 3.79. The highest BCUT2D eigenvalue weighted by molar-refractivity contribution is 6.12. The summed E-state index contributed by atoms with van der Waals surface area (Å²) >= 11 is 0. The zero-order valence-corrected chi connectivity index (χ0v) is 30.8. The number of hydrogen-bond acceptors (Lipinski definition) is 3. The van der Waals surface area contributed by atoms with E-state index < -0.39 is 0 Å². The lowest BCUT2D eigenvalue weighted by molar-refractivity contribution is 0.669. The van der Waals surface area contributed by atoms with Gasteiger partial charge < -0.3 is 4.42 Å². The molecule has 2 aromatic heterocycles. The Morgan fingerprint density at radius 2 is 1.13 bits per heavy atom. The first-order chi connectivity index (χ1) is 26.4. The Balaban J connectivity index is 1.28. The molecule has 0 atom stereocenters. The van der Waals surface area contributed by atoms with Gasteiger partial charge in [0.15, 0.2) is 0 Å². The minimum absolute atomic E-state index is 0.228. The van der Waals surface area contributed by atoms with Gasteiger partial charge in [-0.3, -0.25) is 4.57 Å². The summed E-state index contributed by atoms with van der Waals surface area (Å²) in [6, 6.07) is 55.4. The van der Waals surface area contributed by atoms with Gasteiger partial charge in [-0.15, -0.1) is 0 Å². The van der Waals surface area contributed by atoms with Crippen molar-refractivity contribution in [1.82, 2.24) is 9.55 Å². The molecule has 0 fully saturated rings. The van der Waals surface area contributed by atoms with Gasteiger partial charge >= 0.3 is 0 Å². The van der Waals surface area contributed by atoms with Crippen LogP contribution in [0.4, 0.5) is 0 Å². The van der Waals surface area contributed by atoms with Crippen molar-refractivity contribution < 1.29 is 4.42 Å². The Morgan fingerprint density at radius 1 is 0.574 bits per heavy atom. The van der Waals surface area contributed by atoms with Crippen molar-refractivity contribution in [2.24, 2.45) is 0 Å². The lowest BCUT2D eigenvalue weighted by Gasteiger charge is -2.24. The first kappa shape index (κ1) is 33.2. The summed E-state index contributed by atoms with van der Waals surface area (Å²) in [5.41, 5.74) is 15.3. The van der Waals surface area contributed by atoms with E-state index >= 15 is 0 Å². The van der Waals surface area contributed by atoms with Gasteiger partial charge in [-0.25, -0.2) is 4.98 Å². The Bertz CT molecular complexity index is 2840. The van der Waals surface area contributed by atoms with Crippen molar-refractivity contribution in [3.05, 3.63) is 168 Å². The van der Waals surface area contributed by atoms with E-state index in [4.69, 9.17) is 9.40 Å². The zero-order chi connectivity index (χ0) is 36.9. The molecule has 0 N–H and O–H groups in total. The fourth-order valence-electron chi connectivity index (χ4n) is 7.89. The number of nitriles is 1. The first-order valence-corrected chi connectivity index (χ1v) is 18.7. The van der Waals surface area contributed by atoms with Crippen LogP contribution in [-0.4, -0.2) is 9.55 Å². The third kappa shape index (κ3) is 5.57. The van der Waals surface area contributed by atoms with E-state index in [1.807, 2.05) is 30.3 Å². The summed E-state index contributed by atoms with van der Waals surface area (Å²) in [4.78, 5) is 5.35. The van der Waals surface area contributed by atoms with Gasteiger partial charge in [0.2, 0.25) is 0 Å². The van der Waals surface area contributed by atoms with E-state index in [2.05, 4.69) is 160 Å². The molecule has 54 heavy (non-hydrogen) atoms. The van der Waals surface area contributed by atoms with Crippen molar-refractivity contribution >= 4 is 33.0 Å². The van der Waals surface area contributed by atoms with Gasteiger partial charge in [-0.05, 0) is 98.8 Å². The molecule has 0 aliphatic heterocycles. The number of para-hydroxylation sites is 3. The molecule has 0 radical (unpaired) electrons. The lowest BCUT2D eigenvalue weighted by atomic mass is 9.87. The molecule has 0 saturated carbocycles. The van der Waals surface area contributed by atoms with Crippen LogP contribution in [0.15, 0.2) is 156 Å². The SMILES string of the molecule is CC(C)c1cc(-c2ccc(-c3ccccc3)cc2)cc(C(C)C)c1-n1c(-c2cccc3c2oc2cc(-c4ccccc4)cc(C#N)c23)nc2ccccc21. The summed E-state index contributed by atoms with van der Waals surface area (Å²) in [5.74, 6) is 1.27. The smallest absolute Gasteiger partial charge is 0.149 e. The summed E-state index contributed by atoms with van der Waals surface area (Å²) in [6.07, 6.45) is 0. The maximum absolute atomic E-state index is 10.4. The second kappa shape index (κ2) is 13.4. The number of fused-ring (bicyclic) bond motifs is 4. The number of furan rings is 1. The Kier molecular flexibility index (Phi) is 8.21. The molecule has 0 bridgehead atoms. The molecular weight excluding hydrogens is 659 g/mol. The third-order valence-corrected chi connectivity index (χ3v) is 10.6. The maximum Gasteiger partial charge on any atom is 0.149 e. The molecule has 0 saturated heterocycles. The number of imidazole rings is 1. The van der Waals surface area contributed by atoms with Crippen LogP contribution < -0.4 is 0 Å². The van der Waals surface area contributed by atoms with Crippen LogP contribution in [0.3, 0.4) is 0 Å². The second-order valence-corrected chi connectivity index (χ2v) is 14.7. The molecule has 9 rings (SSSR count). The van der Waals surface area contributed by atoms with E-state index in [0.29, 0.717) is 11.1 Å². The predicted octanol–water partition coefficient (Wildman–Crippen LogP) is 13.7. The molecule has 0 unspecified atom stereocenters. The molecule has 0 amide bonds. The lowest BCUT2D eigenvalue weighted by Crippen LogP contribution is -2.09. The number of aromatic nitrogens is 2. The molecule has 9 aromatic rings. The Hall–Kier alpha value is -6.70. The molecular formula is C50H39N3O. The number of hydrogen-bond donors (Lipinski definition) is 0. The molecule has 0 aliphatic carbocycles. The summed E-state index contributed by atoms with van der Waals surface area (Å²) < 4.78 is 9.15. The van der Waals surface area contributed by atoms with Crippen LogP contribution in [0, 0.1) is 11.3 Å². The fraction of sp³-hybridized carbons (Fsp3) is 0.120. The normalized spacial score (nSPS) is 11.6. The largest absolute Gasteiger partial charge is 0.455 e. The quantitative estimate of drug-likeness (QED) is 0.167. The van der Waals surface area contributed by atoms with Crippen LogP contribution in [0.25, 0.3) is 83.4 Å². The van der Waals surface area contributed by atoms with Gasteiger partial charge in [0, 0.05) is 10.8 Å². The minimum atomic E-state index is 0.228. The van der Waals surface area contributed by atoms with Crippen LogP contribution in [-0.2, 0) is 0 Å². The van der Waals surface area contributed by atoms with Gasteiger partial charge in [0.25, 0.3) is 0 Å². The fourth-order valence-corrected chi connectivity index (χ4v) is 7.89. The Labute approximate surface area is 315 Å². The number of nitrogens with zero attached hydrogens (tertiary/aromatic N) is 3. The number of rotatable bonds is 7. The van der Waals surface area contributed by atoms with E-state index in [0.717, 1.165) is 55.6 Å². The van der Waals surface area contributed by atoms with Crippen LogP contribution in [0.1, 0.15) is 56.2 Å². The highest BCUT2D eigenvalue weighted by atomic mass is 16.3. The standard InChI is InChI=1S/C50H39N3O/c1-31(2)42-27-38(36-24-22-35(23-25-36)33-14-7-5-8-15-33)28-43(32(3)4)48(42)53-45-21-12-11-20-44(45)52-50(53)41-19-13-18-40-47-39(30-51)26-37(29-46(47)54-49(40)41)34-16-9-6-10-17-34/h5-29,31-32H,1-4H3. The van der Waals surface area contributed by atoms with Crippen LogP contribution in [0.2, 0.25) is 0 Å². The molecule has 260 valence electrons. The van der Waals surface area contributed by atoms with Gasteiger partial charge in [-0.2, -0.15) is 5.26 Å². The van der Waals surface area contributed by atoms with Crippen molar-refractivity contribution in [3.8, 4) is 56.5 Å². The molecule has 2 heterocycles. The van der Waals surface area contributed by atoms with Crippen molar-refractivity contribution in [2.75, 3.05) is 0 Å². The first-order valence-electron chi connectivity index (χ1n) is 18.7. The summed E-state index contributed by atoms with van der Waals surface area (Å²) in [5, 5.41) is 12.1. The molecule has 4 nitrogen and oxygen atoms in total. The zero-order valence-electron chi connectivity index (χ0n) is 30.8.